The summed E-state index contributed by atoms with van der Waals surface area (Å²) in [5.74, 6) is 1.07. The number of carbonyl (C=O) groups excluding carboxylic acids is 1. The van der Waals surface area contributed by atoms with E-state index in [-0.39, 0.29) is 42.1 Å². The van der Waals surface area contributed by atoms with Crippen LogP contribution in [0.5, 0.6) is 5.75 Å². The molecule has 164 valence electrons. The van der Waals surface area contributed by atoms with Gasteiger partial charge in [-0.05, 0) is 47.6 Å². The number of nitrogens with zero attached hydrogens (tertiary/aromatic N) is 2. The Morgan fingerprint density at radius 2 is 2.00 bits per heavy atom. The second-order valence-corrected chi connectivity index (χ2v) is 8.71. The second kappa shape index (κ2) is 7.80. The lowest BCUT2D eigenvalue weighted by Crippen LogP contribution is -2.55. The smallest absolute Gasteiger partial charge is 0.262 e. The van der Waals surface area contributed by atoms with Gasteiger partial charge >= 0.3 is 0 Å². The number of carbonyl (C=O) groups is 1. The first-order valence-corrected chi connectivity index (χ1v) is 10.3. The Morgan fingerprint density at radius 1 is 1.26 bits per heavy atom. The van der Waals surface area contributed by atoms with Crippen molar-refractivity contribution in [1.82, 2.24) is 10.7 Å². The molecule has 6 nitrogen and oxygen atoms in total. The molecule has 0 unspecified atom stereocenters. The average Bonchev–Trinajstić information content (AvgIpc) is 2.73. The molecule has 1 saturated heterocycles. The first-order valence-electron chi connectivity index (χ1n) is 10.3. The molecule has 8 heteroatoms. The first kappa shape index (κ1) is 21.6. The van der Waals surface area contributed by atoms with E-state index in [1.165, 1.54) is 6.07 Å². The van der Waals surface area contributed by atoms with E-state index in [9.17, 15) is 9.18 Å². The Kier molecular flexibility index (Phi) is 5.43. The minimum Gasteiger partial charge on any atom is -0.483 e. The zero-order chi connectivity index (χ0) is 21.0. The van der Waals surface area contributed by atoms with Crippen molar-refractivity contribution in [1.29, 1.82) is 0 Å². The highest BCUT2D eigenvalue weighted by atomic mass is 35.5. The molecular formula is C23H26ClFN4O2. The topological polar surface area (TPSA) is 66.0 Å². The maximum absolute atomic E-state index is 14.8. The van der Waals surface area contributed by atoms with Gasteiger partial charge in [-0.3, -0.25) is 4.79 Å². The van der Waals surface area contributed by atoms with Crippen LogP contribution in [0.1, 0.15) is 32.3 Å². The maximum atomic E-state index is 14.8. The van der Waals surface area contributed by atoms with Crippen LogP contribution in [-0.4, -0.2) is 37.5 Å². The number of hydrazone groups is 1. The summed E-state index contributed by atoms with van der Waals surface area (Å²) in [6.45, 7) is 8.37. The lowest BCUT2D eigenvalue weighted by Gasteiger charge is -2.46. The maximum Gasteiger partial charge on any atom is 0.262 e. The Hall–Kier alpha value is -2.64. The molecule has 0 spiro atoms. The number of anilines is 1. The molecular weight excluding hydrogens is 419 g/mol. The van der Waals surface area contributed by atoms with Gasteiger partial charge in [0.1, 0.15) is 24.2 Å². The van der Waals surface area contributed by atoms with Crippen LogP contribution >= 0.6 is 12.4 Å². The Bertz CT molecular complexity index is 1070. The zero-order valence-electron chi connectivity index (χ0n) is 17.7. The van der Waals surface area contributed by atoms with Crippen LogP contribution in [0.15, 0.2) is 41.5 Å². The number of halogens is 2. The molecule has 3 heterocycles. The highest BCUT2D eigenvalue weighted by Crippen LogP contribution is 2.47. The van der Waals surface area contributed by atoms with Crippen molar-refractivity contribution in [2.45, 2.75) is 32.7 Å². The second-order valence-electron chi connectivity index (χ2n) is 8.71. The number of rotatable bonds is 3. The van der Waals surface area contributed by atoms with Crippen LogP contribution in [0.4, 0.5) is 10.1 Å². The van der Waals surface area contributed by atoms with E-state index in [0.717, 1.165) is 29.9 Å². The number of ether oxygens (including phenoxy) is 1. The Labute approximate surface area is 187 Å². The van der Waals surface area contributed by atoms with E-state index in [2.05, 4.69) is 35.8 Å². The fourth-order valence-corrected chi connectivity index (χ4v) is 4.56. The summed E-state index contributed by atoms with van der Waals surface area (Å²) in [6, 6.07) is 10.4. The predicted molar refractivity (Wildman–Crippen MR) is 121 cm³/mol. The van der Waals surface area contributed by atoms with E-state index in [0.29, 0.717) is 17.1 Å². The van der Waals surface area contributed by atoms with E-state index < -0.39 is 6.04 Å². The monoisotopic (exact) mass is 444 g/mol. The van der Waals surface area contributed by atoms with Crippen molar-refractivity contribution < 1.29 is 13.9 Å². The fourth-order valence-electron chi connectivity index (χ4n) is 4.56. The van der Waals surface area contributed by atoms with Crippen LogP contribution in [0.2, 0.25) is 0 Å². The van der Waals surface area contributed by atoms with Crippen LogP contribution in [0.3, 0.4) is 0 Å². The molecule has 2 N–H and O–H groups in total. The van der Waals surface area contributed by atoms with Gasteiger partial charge in [0.05, 0.1) is 5.69 Å². The number of hydrogen-bond donors (Lipinski definition) is 2. The molecule has 1 amide bonds. The van der Waals surface area contributed by atoms with Crippen molar-refractivity contribution in [3.63, 3.8) is 0 Å². The van der Waals surface area contributed by atoms with E-state index in [1.54, 1.807) is 12.1 Å². The summed E-state index contributed by atoms with van der Waals surface area (Å²) >= 11 is 0. The third-order valence-corrected chi connectivity index (χ3v) is 6.82. The molecule has 31 heavy (non-hydrogen) atoms. The van der Waals surface area contributed by atoms with Gasteiger partial charge in [0, 0.05) is 18.7 Å². The lowest BCUT2D eigenvalue weighted by atomic mass is 9.69. The Balaban J connectivity index is 0.00000231. The van der Waals surface area contributed by atoms with Crippen molar-refractivity contribution in [2.75, 3.05) is 24.6 Å². The third kappa shape index (κ3) is 3.36. The van der Waals surface area contributed by atoms with Crippen molar-refractivity contribution in [2.24, 2.45) is 10.5 Å². The number of amidine groups is 1. The molecule has 0 aromatic heterocycles. The van der Waals surface area contributed by atoms with Crippen LogP contribution in [0, 0.1) is 11.2 Å². The molecule has 2 aromatic rings. The molecule has 5 rings (SSSR count). The Morgan fingerprint density at radius 3 is 2.68 bits per heavy atom. The van der Waals surface area contributed by atoms with E-state index in [4.69, 9.17) is 4.74 Å². The fraction of sp³-hybridized carbons (Fsp3) is 0.391. The normalized spacial score (nSPS) is 21.9. The highest BCUT2D eigenvalue weighted by Gasteiger charge is 2.41. The number of hydrogen-bond acceptors (Lipinski definition) is 5. The quantitative estimate of drug-likeness (QED) is 0.758. The largest absolute Gasteiger partial charge is 0.483 e. The van der Waals surface area contributed by atoms with Gasteiger partial charge in [0.2, 0.25) is 0 Å². The molecule has 0 radical (unpaired) electrons. The van der Waals surface area contributed by atoms with Gasteiger partial charge in [0.25, 0.3) is 5.91 Å². The average molecular weight is 445 g/mol. The molecule has 0 saturated carbocycles. The number of benzene rings is 2. The van der Waals surface area contributed by atoms with Gasteiger partial charge in [-0.2, -0.15) is 5.10 Å². The third-order valence-electron chi connectivity index (χ3n) is 6.82. The van der Waals surface area contributed by atoms with Crippen molar-refractivity contribution in [3.05, 3.63) is 47.8 Å². The summed E-state index contributed by atoms with van der Waals surface area (Å²) in [6.07, 6.45) is 0. The molecule has 2 atom stereocenters. The molecule has 0 bridgehead atoms. The van der Waals surface area contributed by atoms with Crippen LogP contribution < -0.4 is 20.4 Å². The summed E-state index contributed by atoms with van der Waals surface area (Å²) in [4.78, 5) is 14.2. The van der Waals surface area contributed by atoms with Gasteiger partial charge in [-0.25, -0.2) is 9.82 Å². The van der Waals surface area contributed by atoms with Gasteiger partial charge in [-0.15, -0.1) is 12.4 Å². The summed E-state index contributed by atoms with van der Waals surface area (Å²) < 4.78 is 20.8. The van der Waals surface area contributed by atoms with Crippen molar-refractivity contribution in [3.8, 4) is 16.9 Å². The molecule has 3 aliphatic heterocycles. The summed E-state index contributed by atoms with van der Waals surface area (Å²) in [7, 11) is 0. The van der Waals surface area contributed by atoms with Gasteiger partial charge in [-0.1, -0.05) is 32.0 Å². The van der Waals surface area contributed by atoms with E-state index in [1.807, 2.05) is 24.0 Å². The van der Waals surface area contributed by atoms with Crippen LogP contribution in [-0.2, 0) is 4.79 Å². The minimum absolute atomic E-state index is 0. The molecule has 1 fully saturated rings. The predicted octanol–water partition coefficient (Wildman–Crippen LogP) is 3.66. The molecule has 0 aliphatic carbocycles. The van der Waals surface area contributed by atoms with Crippen LogP contribution in [0.25, 0.3) is 11.1 Å². The van der Waals surface area contributed by atoms with Crippen molar-refractivity contribution >= 4 is 29.8 Å². The lowest BCUT2D eigenvalue weighted by molar-refractivity contribution is -0.122. The molecule has 2 aromatic carbocycles. The number of nitrogens with one attached hydrogen (secondary N) is 2. The van der Waals surface area contributed by atoms with Gasteiger partial charge < -0.3 is 15.0 Å². The highest BCUT2D eigenvalue weighted by molar-refractivity contribution is 6.09. The number of amides is 1. The zero-order valence-corrected chi connectivity index (χ0v) is 18.6. The number of fused-ring (bicyclic) bond motifs is 3. The summed E-state index contributed by atoms with van der Waals surface area (Å²) in [5, 5.41) is 7.54. The minimum atomic E-state index is -0.399. The standard InChI is InChI=1S/C23H25FN4O2.ClH/c1-13(23(3)11-25-12-23)16-8-19-20(9-17(16)15-6-4-5-7-18(15)24)30-10-21-26-27-22(29)14(2)28(19)21;/h4-9,13-14,25H,10-12H2,1-3H3,(H,27,29);1H/t13-,14-;/m1./s1. The van der Waals surface area contributed by atoms with Gasteiger partial charge in [0.15, 0.2) is 5.84 Å². The first-order chi connectivity index (χ1) is 14.4. The van der Waals surface area contributed by atoms with E-state index >= 15 is 0 Å². The SMILES string of the molecule is C[C@@H]1C(=O)NN=C2COc3cc(-c4ccccc4F)c([C@@H](C)C4(C)CNC4)cc3N21.Cl. The summed E-state index contributed by atoms with van der Waals surface area (Å²) in [5.41, 5.74) is 5.88. The molecule has 3 aliphatic rings.